The van der Waals surface area contributed by atoms with Crippen LogP contribution in [-0.4, -0.2) is 22.0 Å². The maximum atomic E-state index is 14.5. The van der Waals surface area contributed by atoms with Gasteiger partial charge in [0.25, 0.3) is 5.91 Å². The van der Waals surface area contributed by atoms with Crippen LogP contribution in [0.2, 0.25) is 5.02 Å². The average molecular weight is 391 g/mol. The molecule has 2 N–H and O–H groups in total. The number of aryl methyl sites for hydroxylation is 1. The van der Waals surface area contributed by atoms with E-state index in [-0.39, 0.29) is 22.2 Å². The van der Waals surface area contributed by atoms with Crippen molar-refractivity contribution in [3.63, 3.8) is 0 Å². The van der Waals surface area contributed by atoms with Gasteiger partial charge in [-0.05, 0) is 37.0 Å². The van der Waals surface area contributed by atoms with Gasteiger partial charge in [0.1, 0.15) is 11.6 Å². The van der Waals surface area contributed by atoms with Crippen LogP contribution >= 0.6 is 11.6 Å². The van der Waals surface area contributed by atoms with Gasteiger partial charge in [-0.25, -0.2) is 13.8 Å². The van der Waals surface area contributed by atoms with Crippen LogP contribution in [0.1, 0.15) is 23.2 Å². The minimum absolute atomic E-state index is 0.0586. The molecule has 2 aromatic carbocycles. The Hall–Kier alpha value is -2.67. The zero-order valence-corrected chi connectivity index (χ0v) is 15.3. The average Bonchev–Trinajstić information content (AvgIpc) is 3.42. The molecule has 1 aromatic heterocycles. The van der Waals surface area contributed by atoms with E-state index in [1.54, 1.807) is 17.7 Å². The first kappa shape index (κ1) is 17.7. The molecule has 1 saturated carbocycles. The molecular formula is C19H17ClF2N4O. The van der Waals surface area contributed by atoms with Crippen molar-refractivity contribution in [3.8, 4) is 0 Å². The molecule has 1 heterocycles. The molecule has 0 radical (unpaired) electrons. The third kappa shape index (κ3) is 3.47. The van der Waals surface area contributed by atoms with Crippen LogP contribution < -0.4 is 10.6 Å². The number of imidazole rings is 1. The Morgan fingerprint density at radius 2 is 2.07 bits per heavy atom. The summed E-state index contributed by atoms with van der Waals surface area (Å²) in [5, 5.41) is 5.79. The second kappa shape index (κ2) is 6.81. The SMILES string of the molecule is Cn1c(Nc2c(F)cccc2Cl)nc2cc(C(=O)NCC3CC3)c(F)cc21. The van der Waals surface area contributed by atoms with Gasteiger partial charge in [-0.3, -0.25) is 4.79 Å². The lowest BCUT2D eigenvalue weighted by molar-refractivity contribution is 0.0948. The van der Waals surface area contributed by atoms with Crippen LogP contribution in [0.4, 0.5) is 20.4 Å². The first-order valence-corrected chi connectivity index (χ1v) is 8.97. The molecule has 27 heavy (non-hydrogen) atoms. The topological polar surface area (TPSA) is 59.0 Å². The van der Waals surface area contributed by atoms with Gasteiger partial charge in [0.2, 0.25) is 5.95 Å². The number of carbonyl (C=O) groups is 1. The van der Waals surface area contributed by atoms with Crippen molar-refractivity contribution in [2.24, 2.45) is 13.0 Å². The first-order chi connectivity index (χ1) is 12.9. The molecular weight excluding hydrogens is 374 g/mol. The fourth-order valence-corrected chi connectivity index (χ4v) is 3.09. The van der Waals surface area contributed by atoms with E-state index in [0.29, 0.717) is 23.5 Å². The van der Waals surface area contributed by atoms with E-state index in [1.165, 1.54) is 24.3 Å². The Balaban J connectivity index is 1.67. The van der Waals surface area contributed by atoms with Gasteiger partial charge in [-0.15, -0.1) is 0 Å². The second-order valence-corrected chi connectivity index (χ2v) is 7.10. The Morgan fingerprint density at radius 3 is 2.78 bits per heavy atom. The highest BCUT2D eigenvalue weighted by atomic mass is 35.5. The number of amides is 1. The maximum absolute atomic E-state index is 14.5. The molecule has 8 heteroatoms. The Kier molecular flexibility index (Phi) is 4.47. The summed E-state index contributed by atoms with van der Waals surface area (Å²) in [7, 11) is 1.67. The number of anilines is 2. The lowest BCUT2D eigenvalue weighted by Crippen LogP contribution is -2.26. The summed E-state index contributed by atoms with van der Waals surface area (Å²) in [6.45, 7) is 0.553. The second-order valence-electron chi connectivity index (χ2n) is 6.69. The van der Waals surface area contributed by atoms with Gasteiger partial charge >= 0.3 is 0 Å². The Bertz CT molecular complexity index is 1030. The lowest BCUT2D eigenvalue weighted by atomic mass is 10.1. The van der Waals surface area contributed by atoms with E-state index in [2.05, 4.69) is 15.6 Å². The van der Waals surface area contributed by atoms with Gasteiger partial charge in [0.05, 0.1) is 27.3 Å². The summed E-state index contributed by atoms with van der Waals surface area (Å²) < 4.78 is 30.0. The molecule has 1 fully saturated rings. The molecule has 0 saturated heterocycles. The summed E-state index contributed by atoms with van der Waals surface area (Å²) in [6.07, 6.45) is 2.19. The molecule has 140 valence electrons. The third-order valence-electron chi connectivity index (χ3n) is 4.66. The largest absolute Gasteiger partial charge is 0.352 e. The standard InChI is InChI=1S/C19H17ClF2N4O/c1-26-16-8-14(22)11(18(27)23-9-10-5-6-10)7-15(16)24-19(26)25-17-12(20)3-2-4-13(17)21/h2-4,7-8,10H,5-6,9H2,1H3,(H,23,27)(H,24,25). The van der Waals surface area contributed by atoms with Crippen LogP contribution in [0.25, 0.3) is 11.0 Å². The summed E-state index contributed by atoms with van der Waals surface area (Å²) in [6, 6.07) is 6.99. The predicted octanol–water partition coefficient (Wildman–Crippen LogP) is 4.39. The summed E-state index contributed by atoms with van der Waals surface area (Å²) >= 11 is 6.04. The lowest BCUT2D eigenvalue weighted by Gasteiger charge is -2.09. The van der Waals surface area contributed by atoms with Gasteiger partial charge < -0.3 is 15.2 Å². The molecule has 3 aromatic rings. The molecule has 0 bridgehead atoms. The Labute approximate surface area is 159 Å². The summed E-state index contributed by atoms with van der Waals surface area (Å²) in [5.41, 5.74) is 0.920. The van der Waals surface area contributed by atoms with Crippen molar-refractivity contribution < 1.29 is 13.6 Å². The number of hydrogen-bond donors (Lipinski definition) is 2. The number of benzene rings is 2. The summed E-state index contributed by atoms with van der Waals surface area (Å²) in [5.74, 6) is -0.836. The van der Waals surface area contributed by atoms with Crippen molar-refractivity contribution in [2.45, 2.75) is 12.8 Å². The number of nitrogens with one attached hydrogen (secondary N) is 2. The number of nitrogens with zero attached hydrogens (tertiary/aromatic N) is 2. The number of halogens is 3. The number of hydrogen-bond acceptors (Lipinski definition) is 3. The minimum atomic E-state index is -0.630. The molecule has 1 aliphatic rings. The van der Waals surface area contributed by atoms with Crippen molar-refractivity contribution >= 4 is 40.2 Å². The molecule has 0 atom stereocenters. The van der Waals surface area contributed by atoms with Crippen molar-refractivity contribution in [1.82, 2.24) is 14.9 Å². The van der Waals surface area contributed by atoms with E-state index in [0.717, 1.165) is 12.8 Å². The van der Waals surface area contributed by atoms with Gasteiger partial charge in [-0.2, -0.15) is 0 Å². The quantitative estimate of drug-likeness (QED) is 0.679. The molecule has 0 spiro atoms. The van der Waals surface area contributed by atoms with Crippen LogP contribution in [0.5, 0.6) is 0 Å². The monoisotopic (exact) mass is 390 g/mol. The van der Waals surface area contributed by atoms with E-state index in [9.17, 15) is 13.6 Å². The molecule has 0 unspecified atom stereocenters. The minimum Gasteiger partial charge on any atom is -0.352 e. The van der Waals surface area contributed by atoms with Gasteiger partial charge in [0.15, 0.2) is 0 Å². The van der Waals surface area contributed by atoms with Crippen molar-refractivity contribution in [3.05, 3.63) is 52.6 Å². The van der Waals surface area contributed by atoms with Crippen LogP contribution in [0.15, 0.2) is 30.3 Å². The van der Waals surface area contributed by atoms with E-state index >= 15 is 0 Å². The predicted molar refractivity (Wildman–Crippen MR) is 100 cm³/mol. The highest BCUT2D eigenvalue weighted by Gasteiger charge is 2.23. The highest BCUT2D eigenvalue weighted by Crippen LogP contribution is 2.30. The molecule has 5 nitrogen and oxygen atoms in total. The number of carbonyl (C=O) groups excluding carboxylic acids is 1. The smallest absolute Gasteiger partial charge is 0.254 e. The van der Waals surface area contributed by atoms with Crippen molar-refractivity contribution in [1.29, 1.82) is 0 Å². The van der Waals surface area contributed by atoms with E-state index in [4.69, 9.17) is 11.6 Å². The Morgan fingerprint density at radius 1 is 1.30 bits per heavy atom. The number of fused-ring (bicyclic) bond motifs is 1. The summed E-state index contributed by atoms with van der Waals surface area (Å²) in [4.78, 5) is 16.6. The maximum Gasteiger partial charge on any atom is 0.254 e. The fourth-order valence-electron chi connectivity index (χ4n) is 2.88. The number of aromatic nitrogens is 2. The zero-order chi connectivity index (χ0) is 19.1. The van der Waals surface area contributed by atoms with Gasteiger partial charge in [-0.1, -0.05) is 17.7 Å². The van der Waals surface area contributed by atoms with E-state index < -0.39 is 17.5 Å². The zero-order valence-electron chi connectivity index (χ0n) is 14.5. The first-order valence-electron chi connectivity index (χ1n) is 8.59. The number of para-hydroxylation sites is 1. The van der Waals surface area contributed by atoms with Gasteiger partial charge in [0, 0.05) is 19.7 Å². The molecule has 1 aliphatic carbocycles. The van der Waals surface area contributed by atoms with Crippen LogP contribution in [0.3, 0.4) is 0 Å². The van der Waals surface area contributed by atoms with Crippen LogP contribution in [-0.2, 0) is 7.05 Å². The normalized spacial score (nSPS) is 13.8. The van der Waals surface area contributed by atoms with E-state index in [1.807, 2.05) is 0 Å². The highest BCUT2D eigenvalue weighted by molar-refractivity contribution is 6.33. The third-order valence-corrected chi connectivity index (χ3v) is 4.98. The molecule has 0 aliphatic heterocycles. The van der Waals surface area contributed by atoms with Crippen LogP contribution in [0, 0.1) is 17.6 Å². The fraction of sp³-hybridized carbons (Fsp3) is 0.263. The van der Waals surface area contributed by atoms with Crippen molar-refractivity contribution in [2.75, 3.05) is 11.9 Å². The molecule has 1 amide bonds. The number of rotatable bonds is 5. The molecule has 4 rings (SSSR count).